The molecule has 2 aliphatic rings. The van der Waals surface area contributed by atoms with Gasteiger partial charge in [0.1, 0.15) is 5.75 Å². The summed E-state index contributed by atoms with van der Waals surface area (Å²) >= 11 is 0. The highest BCUT2D eigenvalue weighted by Gasteiger charge is 1.97. The molecule has 2 rings (SSSR count). The van der Waals surface area contributed by atoms with Crippen LogP contribution in [0.1, 0.15) is 0 Å². The van der Waals surface area contributed by atoms with Crippen LogP contribution in [-0.2, 0) is 0 Å². The maximum Gasteiger partial charge on any atom is 0.115 e. The van der Waals surface area contributed by atoms with Crippen LogP contribution in [0, 0.1) is 0 Å². The smallest absolute Gasteiger partial charge is 0.115 e. The standard InChI is InChI=1S/C10H8O/c11-10-6-4-8-2-1-3-9(8)5-7-10/h1-7,11H. The topological polar surface area (TPSA) is 20.2 Å². The van der Waals surface area contributed by atoms with Crippen LogP contribution >= 0.6 is 0 Å². The van der Waals surface area contributed by atoms with Gasteiger partial charge in [0.05, 0.1) is 0 Å². The van der Waals surface area contributed by atoms with Gasteiger partial charge in [0.15, 0.2) is 0 Å². The van der Waals surface area contributed by atoms with Gasteiger partial charge in [-0.3, -0.25) is 0 Å². The molecule has 0 aliphatic heterocycles. The number of fused-ring (bicyclic) bond motifs is 1. The van der Waals surface area contributed by atoms with Gasteiger partial charge >= 0.3 is 0 Å². The number of rotatable bonds is 0. The monoisotopic (exact) mass is 144 g/mol. The zero-order valence-corrected chi connectivity index (χ0v) is 5.99. The summed E-state index contributed by atoms with van der Waals surface area (Å²) in [5.74, 6) is 0.307. The molecule has 0 bridgehead atoms. The number of hydrogen-bond acceptors (Lipinski definition) is 1. The predicted octanol–water partition coefficient (Wildman–Crippen LogP) is 2.50. The zero-order valence-electron chi connectivity index (χ0n) is 5.99. The summed E-state index contributed by atoms with van der Waals surface area (Å²) in [7, 11) is 0. The van der Waals surface area contributed by atoms with E-state index in [4.69, 9.17) is 5.11 Å². The highest BCUT2D eigenvalue weighted by atomic mass is 16.3. The first kappa shape index (κ1) is 6.23. The molecule has 0 saturated carbocycles. The summed E-state index contributed by atoms with van der Waals surface area (Å²) in [6.45, 7) is 0. The largest absolute Gasteiger partial charge is 0.508 e. The maximum atomic E-state index is 9.12. The Balaban J connectivity index is 2.71. The molecule has 0 saturated heterocycles. The highest BCUT2D eigenvalue weighted by molar-refractivity contribution is 5.66. The van der Waals surface area contributed by atoms with E-state index >= 15 is 0 Å². The van der Waals surface area contributed by atoms with Crippen LogP contribution < -0.4 is 0 Å². The average Bonchev–Trinajstić information content (AvgIpc) is 2.38. The molecule has 0 unspecified atom stereocenters. The van der Waals surface area contributed by atoms with Gasteiger partial charge in [-0.25, -0.2) is 0 Å². The van der Waals surface area contributed by atoms with E-state index in [1.54, 1.807) is 12.1 Å². The second-order valence-electron chi connectivity index (χ2n) is 2.53. The van der Waals surface area contributed by atoms with E-state index in [-0.39, 0.29) is 0 Å². The van der Waals surface area contributed by atoms with Gasteiger partial charge in [0, 0.05) is 0 Å². The van der Waals surface area contributed by atoms with Crippen LogP contribution in [0.5, 0.6) is 5.75 Å². The molecule has 0 aromatic heterocycles. The molecule has 1 nitrogen and oxygen atoms in total. The fourth-order valence-corrected chi connectivity index (χ4v) is 1.16. The van der Waals surface area contributed by atoms with Crippen molar-refractivity contribution in [2.45, 2.75) is 0 Å². The summed E-state index contributed by atoms with van der Waals surface area (Å²) in [6, 6.07) is 13.3. The second-order valence-corrected chi connectivity index (χ2v) is 2.53. The van der Waals surface area contributed by atoms with Gasteiger partial charge < -0.3 is 5.11 Å². The van der Waals surface area contributed by atoms with E-state index in [2.05, 4.69) is 0 Å². The van der Waals surface area contributed by atoms with Crippen molar-refractivity contribution in [3.05, 3.63) is 42.5 Å². The third kappa shape index (κ3) is 1.05. The van der Waals surface area contributed by atoms with Gasteiger partial charge in [-0.15, -0.1) is 0 Å². The Morgan fingerprint density at radius 3 is 1.82 bits per heavy atom. The summed E-state index contributed by atoms with van der Waals surface area (Å²) in [5.41, 5.74) is 2.32. The number of hydrogen-bond donors (Lipinski definition) is 1. The zero-order chi connectivity index (χ0) is 7.68. The van der Waals surface area contributed by atoms with Crippen LogP contribution in [-0.4, -0.2) is 5.11 Å². The molecule has 0 aromatic carbocycles. The van der Waals surface area contributed by atoms with E-state index in [9.17, 15) is 0 Å². The van der Waals surface area contributed by atoms with E-state index in [0.29, 0.717) is 5.75 Å². The van der Waals surface area contributed by atoms with E-state index < -0.39 is 0 Å². The molecule has 1 N–H and O–H groups in total. The van der Waals surface area contributed by atoms with Crippen molar-refractivity contribution >= 4 is 0 Å². The lowest BCUT2D eigenvalue weighted by atomic mass is 10.2. The molecule has 0 atom stereocenters. The van der Waals surface area contributed by atoms with Crippen LogP contribution in [0.25, 0.3) is 11.1 Å². The van der Waals surface area contributed by atoms with Gasteiger partial charge in [-0.1, -0.05) is 30.3 Å². The number of aromatic hydroxyl groups is 1. The first-order valence-corrected chi connectivity index (χ1v) is 3.54. The summed E-state index contributed by atoms with van der Waals surface area (Å²) in [6.07, 6.45) is 0. The average molecular weight is 144 g/mol. The van der Waals surface area contributed by atoms with Crippen LogP contribution in [0.3, 0.4) is 0 Å². The van der Waals surface area contributed by atoms with Crippen molar-refractivity contribution < 1.29 is 5.11 Å². The van der Waals surface area contributed by atoms with Crippen LogP contribution in [0.2, 0.25) is 0 Å². The Hall–Kier alpha value is -1.50. The molecule has 0 amide bonds. The van der Waals surface area contributed by atoms with Crippen molar-refractivity contribution in [1.82, 2.24) is 0 Å². The minimum atomic E-state index is 0.307. The summed E-state index contributed by atoms with van der Waals surface area (Å²) < 4.78 is 0. The Kier molecular flexibility index (Phi) is 1.29. The Bertz CT molecular complexity index is 310. The summed E-state index contributed by atoms with van der Waals surface area (Å²) in [4.78, 5) is 0. The minimum Gasteiger partial charge on any atom is -0.508 e. The molecule has 0 radical (unpaired) electrons. The SMILES string of the molecule is Oc1ccc2cccc-2cc1. The lowest BCUT2D eigenvalue weighted by molar-refractivity contribution is 0.476. The van der Waals surface area contributed by atoms with Crippen LogP contribution in [0.4, 0.5) is 0 Å². The van der Waals surface area contributed by atoms with Crippen molar-refractivity contribution in [1.29, 1.82) is 0 Å². The molecule has 1 heteroatoms. The molecule has 2 aliphatic carbocycles. The quantitative estimate of drug-likeness (QED) is 0.602. The third-order valence-corrected chi connectivity index (χ3v) is 1.75. The van der Waals surface area contributed by atoms with Crippen molar-refractivity contribution in [2.24, 2.45) is 0 Å². The van der Waals surface area contributed by atoms with Crippen LogP contribution in [0.15, 0.2) is 42.5 Å². The van der Waals surface area contributed by atoms with Crippen molar-refractivity contribution in [2.75, 3.05) is 0 Å². The fourth-order valence-electron chi connectivity index (χ4n) is 1.16. The normalized spacial score (nSPS) is 10.2. The van der Waals surface area contributed by atoms with E-state index in [1.165, 1.54) is 0 Å². The van der Waals surface area contributed by atoms with Gasteiger partial charge in [0.2, 0.25) is 0 Å². The third-order valence-electron chi connectivity index (χ3n) is 1.75. The fraction of sp³-hybridized carbons (Fsp3) is 0. The molecule has 11 heavy (non-hydrogen) atoms. The summed E-state index contributed by atoms with van der Waals surface area (Å²) in [5, 5.41) is 9.12. The molecule has 0 heterocycles. The second kappa shape index (κ2) is 2.27. The molecule has 0 aromatic rings. The Morgan fingerprint density at radius 1 is 0.727 bits per heavy atom. The van der Waals surface area contributed by atoms with E-state index in [0.717, 1.165) is 11.1 Å². The van der Waals surface area contributed by atoms with Crippen molar-refractivity contribution in [3.8, 4) is 16.9 Å². The van der Waals surface area contributed by atoms with Gasteiger partial charge in [-0.2, -0.15) is 0 Å². The van der Waals surface area contributed by atoms with Crippen molar-refractivity contribution in [3.63, 3.8) is 0 Å². The minimum absolute atomic E-state index is 0.307. The Morgan fingerprint density at radius 2 is 1.27 bits per heavy atom. The molecule has 0 fully saturated rings. The van der Waals surface area contributed by atoms with Gasteiger partial charge in [-0.05, 0) is 23.3 Å². The molecular weight excluding hydrogens is 136 g/mol. The lowest BCUT2D eigenvalue weighted by Gasteiger charge is -1.85. The van der Waals surface area contributed by atoms with E-state index in [1.807, 2.05) is 30.3 Å². The highest BCUT2D eigenvalue weighted by Crippen LogP contribution is 2.22. The van der Waals surface area contributed by atoms with Gasteiger partial charge in [0.25, 0.3) is 0 Å². The maximum absolute atomic E-state index is 9.12. The molecular formula is C10H8O. The first-order valence-electron chi connectivity index (χ1n) is 3.54. The Labute approximate surface area is 65.3 Å². The molecule has 54 valence electrons. The predicted molar refractivity (Wildman–Crippen MR) is 44.7 cm³/mol. The first-order chi connectivity index (χ1) is 5.36. The molecule has 0 spiro atoms. The lowest BCUT2D eigenvalue weighted by Crippen LogP contribution is -1.59.